The van der Waals surface area contributed by atoms with Gasteiger partial charge < -0.3 is 4.74 Å². The van der Waals surface area contributed by atoms with E-state index in [4.69, 9.17) is 4.74 Å². The predicted octanol–water partition coefficient (Wildman–Crippen LogP) is 1.79. The minimum absolute atomic E-state index is 0.00248. The molecule has 0 saturated heterocycles. The third kappa shape index (κ3) is 2.09. The van der Waals surface area contributed by atoms with E-state index in [1.54, 1.807) is 6.29 Å². The first-order valence-corrected chi connectivity index (χ1v) is 3.79. The molecule has 0 aliphatic heterocycles. The zero-order chi connectivity index (χ0) is 8.97. The fourth-order valence-electron chi connectivity index (χ4n) is 0.916. The van der Waals surface area contributed by atoms with E-state index in [1.165, 1.54) is 11.1 Å². The first-order valence-electron chi connectivity index (χ1n) is 3.79. The Kier molecular flexibility index (Phi) is 2.86. The molecular formula is C10H11O2. The van der Waals surface area contributed by atoms with Crippen molar-refractivity contribution < 1.29 is 9.53 Å². The summed E-state index contributed by atoms with van der Waals surface area (Å²) in [4.78, 5) is 9.88. The zero-order valence-electron chi connectivity index (χ0n) is 7.26. The normalized spacial score (nSPS) is 9.50. The lowest BCUT2D eigenvalue weighted by Crippen LogP contribution is -1.97. The highest BCUT2D eigenvalue weighted by Crippen LogP contribution is 2.15. The molecule has 2 heteroatoms. The number of rotatable bonds is 3. The summed E-state index contributed by atoms with van der Waals surface area (Å²) in [5, 5.41) is 0. The van der Waals surface area contributed by atoms with Crippen LogP contribution < -0.4 is 4.74 Å². The van der Waals surface area contributed by atoms with Gasteiger partial charge in [0.1, 0.15) is 5.75 Å². The van der Waals surface area contributed by atoms with Gasteiger partial charge in [0.25, 0.3) is 0 Å². The second kappa shape index (κ2) is 3.90. The van der Waals surface area contributed by atoms with Gasteiger partial charge in [0.2, 0.25) is 6.29 Å². The van der Waals surface area contributed by atoms with E-state index < -0.39 is 0 Å². The van der Waals surface area contributed by atoms with Crippen LogP contribution in [0.25, 0.3) is 0 Å². The van der Waals surface area contributed by atoms with Gasteiger partial charge in [0.15, 0.2) is 6.61 Å². The number of benzene rings is 1. The molecule has 0 N–H and O–H groups in total. The monoisotopic (exact) mass is 163 g/mol. The Bertz CT molecular complexity index is 279. The van der Waals surface area contributed by atoms with Crippen molar-refractivity contribution in [3.8, 4) is 5.75 Å². The van der Waals surface area contributed by atoms with E-state index in [0.717, 1.165) is 5.75 Å². The summed E-state index contributed by atoms with van der Waals surface area (Å²) in [5.41, 5.74) is 2.39. The molecule has 0 bridgehead atoms. The molecule has 0 heterocycles. The molecule has 1 aromatic rings. The molecule has 0 unspecified atom stereocenters. The molecule has 1 rings (SSSR count). The lowest BCUT2D eigenvalue weighted by atomic mass is 10.1. The van der Waals surface area contributed by atoms with Crippen LogP contribution in [0.2, 0.25) is 0 Å². The number of ether oxygens (including phenoxy) is 1. The fraction of sp³-hybridized carbons (Fsp3) is 0.300. The molecule has 0 spiro atoms. The van der Waals surface area contributed by atoms with Gasteiger partial charge in [-0.3, -0.25) is 4.79 Å². The topological polar surface area (TPSA) is 26.3 Å². The Morgan fingerprint density at radius 2 is 2.08 bits per heavy atom. The van der Waals surface area contributed by atoms with Crippen molar-refractivity contribution in [2.24, 2.45) is 0 Å². The summed E-state index contributed by atoms with van der Waals surface area (Å²) >= 11 is 0. The van der Waals surface area contributed by atoms with Gasteiger partial charge in [-0.25, -0.2) is 0 Å². The summed E-state index contributed by atoms with van der Waals surface area (Å²) in [5.74, 6) is 0.724. The number of hydrogen-bond donors (Lipinski definition) is 0. The number of hydrogen-bond acceptors (Lipinski definition) is 2. The molecule has 1 aromatic carbocycles. The first-order chi connectivity index (χ1) is 5.74. The molecule has 1 radical (unpaired) electrons. The lowest BCUT2D eigenvalue weighted by molar-refractivity contribution is 0.364. The third-order valence-corrected chi connectivity index (χ3v) is 1.78. The highest BCUT2D eigenvalue weighted by molar-refractivity contribution is 5.52. The molecule has 0 aliphatic rings. The average Bonchev–Trinajstić information content (AvgIpc) is 2.07. The maximum atomic E-state index is 9.88. The van der Waals surface area contributed by atoms with Gasteiger partial charge in [-0.15, -0.1) is 0 Å². The van der Waals surface area contributed by atoms with Gasteiger partial charge in [0.05, 0.1) is 0 Å². The molecule has 12 heavy (non-hydrogen) atoms. The van der Waals surface area contributed by atoms with Crippen molar-refractivity contribution in [3.05, 3.63) is 29.3 Å². The summed E-state index contributed by atoms with van der Waals surface area (Å²) in [6.07, 6.45) is 1.68. The second-order valence-corrected chi connectivity index (χ2v) is 2.68. The Balaban J connectivity index is 2.75. The van der Waals surface area contributed by atoms with E-state index in [-0.39, 0.29) is 6.61 Å². The Labute approximate surface area is 72.2 Å². The van der Waals surface area contributed by atoms with Crippen molar-refractivity contribution in [1.82, 2.24) is 0 Å². The maximum Gasteiger partial charge on any atom is 0.239 e. The van der Waals surface area contributed by atoms with Crippen LogP contribution in [0.3, 0.4) is 0 Å². The van der Waals surface area contributed by atoms with E-state index in [1.807, 2.05) is 32.0 Å². The SMILES string of the molecule is Cc1ccc(OC[C]=O)cc1C. The summed E-state index contributed by atoms with van der Waals surface area (Å²) < 4.78 is 5.07. The molecule has 0 saturated carbocycles. The van der Waals surface area contributed by atoms with Crippen LogP contribution in [0.4, 0.5) is 0 Å². The Morgan fingerprint density at radius 1 is 1.33 bits per heavy atom. The molecule has 0 fully saturated rings. The summed E-state index contributed by atoms with van der Waals surface area (Å²) in [6.45, 7) is 4.04. The van der Waals surface area contributed by atoms with Crippen LogP contribution in [-0.4, -0.2) is 12.9 Å². The third-order valence-electron chi connectivity index (χ3n) is 1.78. The van der Waals surface area contributed by atoms with Crippen LogP contribution in [-0.2, 0) is 4.79 Å². The van der Waals surface area contributed by atoms with Crippen molar-refractivity contribution in [2.75, 3.05) is 6.61 Å². The molecule has 0 aromatic heterocycles. The van der Waals surface area contributed by atoms with Gasteiger partial charge in [-0.2, -0.15) is 0 Å². The van der Waals surface area contributed by atoms with Gasteiger partial charge >= 0.3 is 0 Å². The van der Waals surface area contributed by atoms with Gasteiger partial charge in [0, 0.05) is 0 Å². The molecule has 63 valence electrons. The average molecular weight is 163 g/mol. The van der Waals surface area contributed by atoms with Crippen LogP contribution in [0.5, 0.6) is 5.75 Å². The smallest absolute Gasteiger partial charge is 0.239 e. The van der Waals surface area contributed by atoms with E-state index >= 15 is 0 Å². The van der Waals surface area contributed by atoms with Crippen LogP contribution in [0.1, 0.15) is 11.1 Å². The Hall–Kier alpha value is -1.31. The minimum atomic E-state index is 0.00248. The first kappa shape index (κ1) is 8.78. The van der Waals surface area contributed by atoms with Crippen LogP contribution in [0.15, 0.2) is 18.2 Å². The zero-order valence-corrected chi connectivity index (χ0v) is 7.26. The van der Waals surface area contributed by atoms with Gasteiger partial charge in [-0.1, -0.05) is 6.07 Å². The number of carbonyl (C=O) groups excluding carboxylic acids is 1. The molecule has 2 nitrogen and oxygen atoms in total. The summed E-state index contributed by atoms with van der Waals surface area (Å²) in [6, 6.07) is 5.72. The maximum absolute atomic E-state index is 9.88. The Morgan fingerprint density at radius 3 is 2.67 bits per heavy atom. The highest BCUT2D eigenvalue weighted by atomic mass is 16.5. The van der Waals surface area contributed by atoms with Crippen LogP contribution >= 0.6 is 0 Å². The van der Waals surface area contributed by atoms with Crippen molar-refractivity contribution in [2.45, 2.75) is 13.8 Å². The van der Waals surface area contributed by atoms with Crippen molar-refractivity contribution >= 4 is 6.29 Å². The molecular weight excluding hydrogens is 152 g/mol. The largest absolute Gasteiger partial charge is 0.485 e. The minimum Gasteiger partial charge on any atom is -0.485 e. The quantitative estimate of drug-likeness (QED) is 0.679. The molecule has 0 aliphatic carbocycles. The lowest BCUT2D eigenvalue weighted by Gasteiger charge is -2.04. The van der Waals surface area contributed by atoms with Crippen LogP contribution in [0, 0.1) is 13.8 Å². The van der Waals surface area contributed by atoms with Gasteiger partial charge in [-0.05, 0) is 37.1 Å². The predicted molar refractivity (Wildman–Crippen MR) is 47.1 cm³/mol. The molecule has 0 amide bonds. The standard InChI is InChI=1S/C10H11O2/c1-8-3-4-10(7-9(8)2)12-6-5-11/h3-4,7H,6H2,1-2H3. The molecule has 0 atom stereocenters. The van der Waals surface area contributed by atoms with Crippen molar-refractivity contribution in [3.63, 3.8) is 0 Å². The summed E-state index contributed by atoms with van der Waals surface area (Å²) in [7, 11) is 0. The number of aryl methyl sites for hydroxylation is 2. The highest BCUT2D eigenvalue weighted by Gasteiger charge is 1.95. The van der Waals surface area contributed by atoms with E-state index in [9.17, 15) is 4.79 Å². The fourth-order valence-corrected chi connectivity index (χ4v) is 0.916. The van der Waals surface area contributed by atoms with E-state index in [2.05, 4.69) is 0 Å². The second-order valence-electron chi connectivity index (χ2n) is 2.68. The van der Waals surface area contributed by atoms with E-state index in [0.29, 0.717) is 0 Å². The van der Waals surface area contributed by atoms with Crippen molar-refractivity contribution in [1.29, 1.82) is 0 Å².